The highest BCUT2D eigenvalue weighted by Crippen LogP contribution is 2.25. The predicted molar refractivity (Wildman–Crippen MR) is 95.5 cm³/mol. The summed E-state index contributed by atoms with van der Waals surface area (Å²) < 4.78 is 5.71. The van der Waals surface area contributed by atoms with E-state index in [0.29, 0.717) is 28.6 Å². The molecular weight excluding hydrogens is 328 g/mol. The number of ether oxygens (including phenoxy) is 1. The molecule has 2 rings (SSSR count). The molecule has 0 saturated carbocycles. The number of nitrogens with one attached hydrogen (secondary N) is 2. The van der Waals surface area contributed by atoms with Crippen LogP contribution in [0.3, 0.4) is 0 Å². The van der Waals surface area contributed by atoms with Crippen molar-refractivity contribution in [2.75, 3.05) is 10.6 Å². The summed E-state index contributed by atoms with van der Waals surface area (Å²) in [6.07, 6.45) is -0.183. The van der Waals surface area contributed by atoms with Gasteiger partial charge in [-0.15, -0.1) is 0 Å². The third kappa shape index (κ3) is 4.99. The molecule has 0 saturated heterocycles. The van der Waals surface area contributed by atoms with Crippen LogP contribution in [0.2, 0.25) is 5.02 Å². The lowest BCUT2D eigenvalue weighted by atomic mass is 10.2. The number of carbonyl (C=O) groups is 2. The average molecular weight is 347 g/mol. The molecule has 0 bridgehead atoms. The zero-order valence-electron chi connectivity index (χ0n) is 13.5. The van der Waals surface area contributed by atoms with E-state index in [1.54, 1.807) is 48.5 Å². The topological polar surface area (TPSA) is 67.4 Å². The molecule has 126 valence electrons. The van der Waals surface area contributed by atoms with Gasteiger partial charge in [-0.25, -0.2) is 0 Å². The van der Waals surface area contributed by atoms with E-state index < -0.39 is 6.10 Å². The van der Waals surface area contributed by atoms with Crippen LogP contribution in [0.15, 0.2) is 48.5 Å². The molecule has 0 fully saturated rings. The minimum atomic E-state index is -0.672. The van der Waals surface area contributed by atoms with Gasteiger partial charge < -0.3 is 15.4 Å². The molecule has 0 aliphatic rings. The fourth-order valence-electron chi connectivity index (χ4n) is 2.12. The predicted octanol–water partition coefficient (Wildman–Crippen LogP) is 4.09. The van der Waals surface area contributed by atoms with E-state index in [1.807, 2.05) is 6.92 Å². The zero-order chi connectivity index (χ0) is 17.5. The summed E-state index contributed by atoms with van der Waals surface area (Å²) in [5.74, 6) is 0.0116. The van der Waals surface area contributed by atoms with Crippen LogP contribution in [0.1, 0.15) is 20.3 Å². The van der Waals surface area contributed by atoms with E-state index in [-0.39, 0.29) is 11.8 Å². The summed E-state index contributed by atoms with van der Waals surface area (Å²) in [7, 11) is 0. The first-order valence-electron chi connectivity index (χ1n) is 7.59. The Labute approximate surface area is 146 Å². The molecule has 24 heavy (non-hydrogen) atoms. The first-order chi connectivity index (χ1) is 11.5. The van der Waals surface area contributed by atoms with Crippen LogP contribution in [0.4, 0.5) is 11.4 Å². The summed E-state index contributed by atoms with van der Waals surface area (Å²) in [6, 6.07) is 13.9. The molecule has 0 spiro atoms. The summed E-state index contributed by atoms with van der Waals surface area (Å²) in [4.78, 5) is 23.5. The van der Waals surface area contributed by atoms with Crippen molar-refractivity contribution in [2.45, 2.75) is 26.4 Å². The summed E-state index contributed by atoms with van der Waals surface area (Å²) in [5, 5.41) is 5.91. The highest BCUT2D eigenvalue weighted by atomic mass is 35.5. The van der Waals surface area contributed by atoms with Gasteiger partial charge in [0.05, 0.1) is 5.02 Å². The first-order valence-corrected chi connectivity index (χ1v) is 7.97. The molecule has 0 aromatic heterocycles. The van der Waals surface area contributed by atoms with Gasteiger partial charge in [0.25, 0.3) is 5.91 Å². The Morgan fingerprint density at radius 2 is 1.75 bits per heavy atom. The quantitative estimate of drug-likeness (QED) is 0.827. The summed E-state index contributed by atoms with van der Waals surface area (Å²) in [6.45, 7) is 3.28. The van der Waals surface area contributed by atoms with Crippen molar-refractivity contribution in [1.29, 1.82) is 0 Å². The van der Waals surface area contributed by atoms with Crippen LogP contribution >= 0.6 is 11.6 Å². The van der Waals surface area contributed by atoms with Crippen LogP contribution in [-0.2, 0) is 9.59 Å². The monoisotopic (exact) mass is 346 g/mol. The number of halogens is 1. The second kappa shape index (κ2) is 8.36. The van der Waals surface area contributed by atoms with Crippen molar-refractivity contribution in [3.63, 3.8) is 0 Å². The number of para-hydroxylation sites is 1. The van der Waals surface area contributed by atoms with Crippen LogP contribution < -0.4 is 15.4 Å². The van der Waals surface area contributed by atoms with Gasteiger partial charge in [0.15, 0.2) is 6.10 Å². The van der Waals surface area contributed by atoms with E-state index in [2.05, 4.69) is 10.6 Å². The molecule has 5 nitrogen and oxygen atoms in total. The highest BCUT2D eigenvalue weighted by molar-refractivity contribution is 6.32. The van der Waals surface area contributed by atoms with E-state index >= 15 is 0 Å². The molecule has 2 aromatic carbocycles. The van der Waals surface area contributed by atoms with Crippen molar-refractivity contribution in [2.24, 2.45) is 0 Å². The fraction of sp³-hybridized carbons (Fsp3) is 0.222. The van der Waals surface area contributed by atoms with Gasteiger partial charge in [0, 0.05) is 18.3 Å². The molecule has 2 aromatic rings. The maximum Gasteiger partial charge on any atom is 0.265 e. The number of hydrogen-bond donors (Lipinski definition) is 2. The number of hydrogen-bond acceptors (Lipinski definition) is 3. The van der Waals surface area contributed by atoms with E-state index in [9.17, 15) is 9.59 Å². The lowest BCUT2D eigenvalue weighted by Crippen LogP contribution is -2.32. The highest BCUT2D eigenvalue weighted by Gasteiger charge is 2.19. The molecule has 1 unspecified atom stereocenters. The second-order valence-electron chi connectivity index (χ2n) is 5.20. The number of amides is 2. The van der Waals surface area contributed by atoms with E-state index in [0.717, 1.165) is 0 Å². The Bertz CT molecular complexity index is 734. The molecule has 0 aliphatic carbocycles. The average Bonchev–Trinajstić information content (AvgIpc) is 2.53. The van der Waals surface area contributed by atoms with Gasteiger partial charge >= 0.3 is 0 Å². The number of rotatable bonds is 6. The molecule has 0 heterocycles. The summed E-state index contributed by atoms with van der Waals surface area (Å²) >= 11 is 6.06. The Morgan fingerprint density at radius 1 is 1.08 bits per heavy atom. The third-order valence-corrected chi connectivity index (χ3v) is 3.53. The second-order valence-corrected chi connectivity index (χ2v) is 5.60. The smallest absolute Gasteiger partial charge is 0.265 e. The Hall–Kier alpha value is -2.53. The van der Waals surface area contributed by atoms with Gasteiger partial charge in [-0.1, -0.05) is 36.7 Å². The van der Waals surface area contributed by atoms with Gasteiger partial charge in [-0.2, -0.15) is 0 Å². The third-order valence-electron chi connectivity index (χ3n) is 3.22. The maximum atomic E-state index is 12.4. The van der Waals surface area contributed by atoms with Crippen LogP contribution in [0.5, 0.6) is 5.75 Å². The number of benzene rings is 2. The van der Waals surface area contributed by atoms with Crippen molar-refractivity contribution in [3.05, 3.63) is 53.6 Å². The Kier molecular flexibility index (Phi) is 6.21. The van der Waals surface area contributed by atoms with Crippen LogP contribution in [-0.4, -0.2) is 17.9 Å². The lowest BCUT2D eigenvalue weighted by Gasteiger charge is -2.18. The van der Waals surface area contributed by atoms with Crippen molar-refractivity contribution in [1.82, 2.24) is 0 Å². The standard InChI is InChI=1S/C18H19ClN2O3/c1-3-16(24-17-10-5-4-9-15(17)19)18(23)21-14-8-6-7-13(11-14)20-12(2)22/h4-11,16H,3H2,1-2H3,(H,20,22)(H,21,23). The minimum absolute atomic E-state index is 0.174. The molecule has 1 atom stereocenters. The van der Waals surface area contributed by atoms with Gasteiger partial charge in [0.1, 0.15) is 5.75 Å². The van der Waals surface area contributed by atoms with Gasteiger partial charge in [-0.05, 0) is 36.8 Å². The number of anilines is 2. The van der Waals surface area contributed by atoms with Crippen LogP contribution in [0, 0.1) is 0 Å². The number of carbonyl (C=O) groups excluding carboxylic acids is 2. The molecule has 0 radical (unpaired) electrons. The van der Waals surface area contributed by atoms with Crippen molar-refractivity contribution in [3.8, 4) is 5.75 Å². The van der Waals surface area contributed by atoms with E-state index in [4.69, 9.17) is 16.3 Å². The minimum Gasteiger partial charge on any atom is -0.479 e. The molecule has 0 aliphatic heterocycles. The lowest BCUT2D eigenvalue weighted by molar-refractivity contribution is -0.122. The first kappa shape index (κ1) is 17.8. The van der Waals surface area contributed by atoms with Crippen molar-refractivity contribution >= 4 is 34.8 Å². The molecule has 2 amide bonds. The molecule has 6 heteroatoms. The largest absolute Gasteiger partial charge is 0.479 e. The normalized spacial score (nSPS) is 11.5. The SMILES string of the molecule is CCC(Oc1ccccc1Cl)C(=O)Nc1cccc(NC(C)=O)c1. The Balaban J connectivity index is 2.07. The van der Waals surface area contributed by atoms with Crippen molar-refractivity contribution < 1.29 is 14.3 Å². The molecular formula is C18H19ClN2O3. The van der Waals surface area contributed by atoms with Gasteiger partial charge in [0.2, 0.25) is 5.91 Å². The van der Waals surface area contributed by atoms with Crippen LogP contribution in [0.25, 0.3) is 0 Å². The zero-order valence-corrected chi connectivity index (χ0v) is 14.3. The summed E-state index contributed by atoms with van der Waals surface area (Å²) in [5.41, 5.74) is 1.19. The Morgan fingerprint density at radius 3 is 2.38 bits per heavy atom. The fourth-order valence-corrected chi connectivity index (χ4v) is 2.30. The van der Waals surface area contributed by atoms with E-state index in [1.165, 1.54) is 6.92 Å². The van der Waals surface area contributed by atoms with Gasteiger partial charge in [-0.3, -0.25) is 9.59 Å². The molecule has 2 N–H and O–H groups in total. The maximum absolute atomic E-state index is 12.4.